The van der Waals surface area contributed by atoms with Crippen LogP contribution in [0, 0.1) is 0 Å². The quantitative estimate of drug-likeness (QED) is 0.456. The number of aromatic nitrogens is 3. The van der Waals surface area contributed by atoms with Crippen LogP contribution < -0.4 is 11.5 Å². The number of carboxylic acid groups (broad SMARTS) is 1. The summed E-state index contributed by atoms with van der Waals surface area (Å²) in [6.07, 6.45) is 1.68. The summed E-state index contributed by atoms with van der Waals surface area (Å²) in [5.41, 5.74) is 15.8. The first-order chi connectivity index (χ1) is 12.0. The number of aliphatic carboxylic acids is 1. The lowest BCUT2D eigenvalue weighted by Crippen LogP contribution is -2.01. The highest BCUT2D eigenvalue weighted by Gasteiger charge is 2.14. The minimum absolute atomic E-state index is 0.0328. The summed E-state index contributed by atoms with van der Waals surface area (Å²) < 4.78 is 0. The summed E-state index contributed by atoms with van der Waals surface area (Å²) in [5.74, 6) is -0.294. The Hall–Kier alpha value is -3.61. The highest BCUT2D eigenvalue weighted by molar-refractivity contribution is 6.15. The van der Waals surface area contributed by atoms with Crippen LogP contribution in [0.25, 0.3) is 32.9 Å². The number of fused-ring (bicyclic) bond motifs is 3. The molecule has 0 atom stereocenters. The maximum atomic E-state index is 11.0. The summed E-state index contributed by atoms with van der Waals surface area (Å²) in [5, 5.41) is 10.7. The Kier molecular flexibility index (Phi) is 3.28. The molecule has 7 nitrogen and oxygen atoms in total. The first-order valence-corrected chi connectivity index (χ1v) is 7.66. The highest BCUT2D eigenvalue weighted by Crippen LogP contribution is 2.35. The van der Waals surface area contributed by atoms with Gasteiger partial charge in [0.1, 0.15) is 5.82 Å². The Bertz CT molecular complexity index is 1130. The topological polar surface area (TPSA) is 131 Å². The van der Waals surface area contributed by atoms with E-state index in [4.69, 9.17) is 16.6 Å². The van der Waals surface area contributed by atoms with Gasteiger partial charge >= 0.3 is 5.97 Å². The van der Waals surface area contributed by atoms with Crippen molar-refractivity contribution in [3.8, 4) is 11.1 Å². The molecule has 2 heterocycles. The van der Waals surface area contributed by atoms with Gasteiger partial charge in [0.15, 0.2) is 5.95 Å². The smallest absolute Gasteiger partial charge is 0.307 e. The van der Waals surface area contributed by atoms with Crippen LogP contribution in [0.2, 0.25) is 0 Å². The van der Waals surface area contributed by atoms with Crippen molar-refractivity contribution >= 4 is 39.5 Å². The first kappa shape index (κ1) is 14.9. The fourth-order valence-electron chi connectivity index (χ4n) is 3.15. The molecule has 0 radical (unpaired) electrons. The van der Waals surface area contributed by atoms with Crippen molar-refractivity contribution in [2.75, 3.05) is 11.5 Å². The lowest BCUT2D eigenvalue weighted by atomic mass is 9.98. The van der Waals surface area contributed by atoms with Crippen molar-refractivity contribution in [3.63, 3.8) is 0 Å². The minimum Gasteiger partial charge on any atom is -0.481 e. The van der Waals surface area contributed by atoms with E-state index in [1.165, 1.54) is 0 Å². The van der Waals surface area contributed by atoms with Crippen LogP contribution in [0.3, 0.4) is 0 Å². The third-order valence-corrected chi connectivity index (χ3v) is 4.14. The van der Waals surface area contributed by atoms with Crippen LogP contribution in [0.4, 0.5) is 11.8 Å². The van der Waals surface area contributed by atoms with Gasteiger partial charge in [-0.1, -0.05) is 24.3 Å². The van der Waals surface area contributed by atoms with Crippen molar-refractivity contribution in [3.05, 3.63) is 48.2 Å². The molecule has 0 fully saturated rings. The van der Waals surface area contributed by atoms with E-state index in [-0.39, 0.29) is 12.4 Å². The molecule has 0 bridgehead atoms. The summed E-state index contributed by atoms with van der Waals surface area (Å²) in [4.78, 5) is 22.6. The minimum atomic E-state index is -0.868. The Labute approximate surface area is 142 Å². The van der Waals surface area contributed by atoms with Gasteiger partial charge in [0.25, 0.3) is 0 Å². The van der Waals surface area contributed by atoms with E-state index in [0.29, 0.717) is 5.82 Å². The van der Waals surface area contributed by atoms with Gasteiger partial charge in [0.05, 0.1) is 17.5 Å². The van der Waals surface area contributed by atoms with E-state index in [0.717, 1.165) is 38.5 Å². The SMILES string of the molecule is Nc1nc(N)c2c(cc(-c3cccc(CC(=O)O)c3)c3nccc32)[nH]1. The summed E-state index contributed by atoms with van der Waals surface area (Å²) >= 11 is 0. The molecule has 0 unspecified atom stereocenters. The second-order valence-electron chi connectivity index (χ2n) is 5.83. The maximum Gasteiger partial charge on any atom is 0.307 e. The lowest BCUT2D eigenvalue weighted by Gasteiger charge is -2.10. The van der Waals surface area contributed by atoms with Crippen LogP contribution in [0.5, 0.6) is 0 Å². The molecule has 6 N–H and O–H groups in total. The predicted octanol–water partition coefficient (Wildman–Crippen LogP) is 2.57. The molecular weight excluding hydrogens is 318 g/mol. The zero-order chi connectivity index (χ0) is 17.6. The standard InChI is InChI=1S/C18H15N5O2/c19-17-15-11-4-5-21-16(11)12(8-13(15)22-18(20)23-17)10-3-1-2-9(6-10)7-14(24)25/h1-6,8H,7,19H2,(H,24,25)(H3,20,22,23). The number of carbonyl (C=O) groups is 1. The Balaban J connectivity index is 2.01. The van der Waals surface area contributed by atoms with Crippen LogP contribution in [-0.4, -0.2) is 26.0 Å². The fourth-order valence-corrected chi connectivity index (χ4v) is 3.15. The molecule has 7 heteroatoms. The van der Waals surface area contributed by atoms with Crippen molar-refractivity contribution in [2.45, 2.75) is 6.42 Å². The van der Waals surface area contributed by atoms with Gasteiger partial charge in [-0.15, -0.1) is 0 Å². The monoisotopic (exact) mass is 333 g/mol. The van der Waals surface area contributed by atoms with E-state index in [1.807, 2.05) is 30.3 Å². The largest absolute Gasteiger partial charge is 0.481 e. The number of benzene rings is 2. The van der Waals surface area contributed by atoms with Gasteiger partial charge < -0.3 is 21.6 Å². The molecule has 4 rings (SSSR count). The molecule has 25 heavy (non-hydrogen) atoms. The van der Waals surface area contributed by atoms with Crippen molar-refractivity contribution in [2.24, 2.45) is 0 Å². The molecule has 0 amide bonds. The number of hydrogen-bond acceptors (Lipinski definition) is 5. The van der Waals surface area contributed by atoms with Crippen LogP contribution in [-0.2, 0) is 11.2 Å². The average molecular weight is 333 g/mol. The molecular formula is C18H15N5O2. The van der Waals surface area contributed by atoms with Gasteiger partial charge in [-0.3, -0.25) is 9.78 Å². The van der Waals surface area contributed by atoms with E-state index in [1.54, 1.807) is 12.3 Å². The summed E-state index contributed by atoms with van der Waals surface area (Å²) in [6.45, 7) is 0. The van der Waals surface area contributed by atoms with Crippen LogP contribution in [0.1, 0.15) is 5.56 Å². The van der Waals surface area contributed by atoms with E-state index < -0.39 is 5.97 Å². The molecule has 124 valence electrons. The molecule has 2 aromatic carbocycles. The van der Waals surface area contributed by atoms with E-state index in [9.17, 15) is 4.79 Å². The third-order valence-electron chi connectivity index (χ3n) is 4.14. The number of hydrogen-bond donors (Lipinski definition) is 4. The lowest BCUT2D eigenvalue weighted by molar-refractivity contribution is -0.136. The number of nitrogens with zero attached hydrogens (tertiary/aromatic N) is 2. The second kappa shape index (κ2) is 5.48. The summed E-state index contributed by atoms with van der Waals surface area (Å²) in [7, 11) is 0. The Morgan fingerprint density at radius 2 is 2.04 bits per heavy atom. The molecule has 4 aromatic rings. The predicted molar refractivity (Wildman–Crippen MR) is 97.0 cm³/mol. The first-order valence-electron chi connectivity index (χ1n) is 7.66. The molecule has 0 aliphatic carbocycles. The van der Waals surface area contributed by atoms with Gasteiger partial charge in [0, 0.05) is 22.5 Å². The van der Waals surface area contributed by atoms with E-state index >= 15 is 0 Å². The van der Waals surface area contributed by atoms with Gasteiger partial charge in [-0.2, -0.15) is 4.98 Å². The molecule has 0 aliphatic rings. The van der Waals surface area contributed by atoms with Gasteiger partial charge in [0.2, 0.25) is 0 Å². The normalized spacial score (nSPS) is 11.2. The number of nitrogens with two attached hydrogens (primary N) is 2. The molecule has 2 aromatic heterocycles. The van der Waals surface area contributed by atoms with Crippen LogP contribution >= 0.6 is 0 Å². The third kappa shape index (κ3) is 2.51. The highest BCUT2D eigenvalue weighted by atomic mass is 16.4. The van der Waals surface area contributed by atoms with Crippen molar-refractivity contribution in [1.82, 2.24) is 15.0 Å². The average Bonchev–Trinajstić information content (AvgIpc) is 3.02. The zero-order valence-corrected chi connectivity index (χ0v) is 13.2. The van der Waals surface area contributed by atoms with Crippen LogP contribution in [0.15, 0.2) is 42.6 Å². The number of carboxylic acids is 1. The Morgan fingerprint density at radius 3 is 2.84 bits per heavy atom. The molecule has 0 spiro atoms. The molecule has 0 aliphatic heterocycles. The number of nitrogen functional groups attached to an aromatic ring is 2. The van der Waals surface area contributed by atoms with Gasteiger partial charge in [-0.25, -0.2) is 0 Å². The second-order valence-corrected chi connectivity index (χ2v) is 5.83. The number of aromatic amines is 1. The maximum absolute atomic E-state index is 11.0. The zero-order valence-electron chi connectivity index (χ0n) is 13.2. The fraction of sp³-hybridized carbons (Fsp3) is 0.0556. The number of anilines is 2. The molecule has 0 saturated heterocycles. The number of rotatable bonds is 3. The summed E-state index contributed by atoms with van der Waals surface area (Å²) in [6, 6.07) is 11.2. The van der Waals surface area contributed by atoms with E-state index in [2.05, 4.69) is 15.0 Å². The van der Waals surface area contributed by atoms with Gasteiger partial charge in [-0.05, 0) is 23.3 Å². The van der Waals surface area contributed by atoms with Crippen molar-refractivity contribution < 1.29 is 9.90 Å². The Morgan fingerprint density at radius 1 is 1.20 bits per heavy atom. The number of nitrogens with one attached hydrogen (secondary N) is 1. The number of H-pyrrole nitrogens is 1. The van der Waals surface area contributed by atoms with Crippen molar-refractivity contribution in [1.29, 1.82) is 0 Å². The molecule has 0 saturated carbocycles.